The maximum absolute atomic E-state index is 13.8. The van der Waals surface area contributed by atoms with Gasteiger partial charge in [-0.2, -0.15) is 0 Å². The molecule has 0 radical (unpaired) electrons. The van der Waals surface area contributed by atoms with Crippen LogP contribution in [0.4, 0.5) is 4.39 Å². The van der Waals surface area contributed by atoms with Gasteiger partial charge in [-0.05, 0) is 23.9 Å². The van der Waals surface area contributed by atoms with E-state index in [0.29, 0.717) is 12.0 Å². The van der Waals surface area contributed by atoms with Crippen molar-refractivity contribution in [2.45, 2.75) is 18.9 Å². The van der Waals surface area contributed by atoms with Crippen LogP contribution in [-0.4, -0.2) is 0 Å². The maximum atomic E-state index is 13.8. The first-order valence-electron chi connectivity index (χ1n) is 5.26. The molecule has 0 spiro atoms. The molecule has 2 aromatic rings. The highest BCUT2D eigenvalue weighted by Crippen LogP contribution is 2.34. The Bertz CT molecular complexity index is 467. The smallest absolute Gasteiger partial charge is 0.128 e. The van der Waals surface area contributed by atoms with E-state index >= 15 is 0 Å². The van der Waals surface area contributed by atoms with Gasteiger partial charge in [0, 0.05) is 10.4 Å². The summed E-state index contributed by atoms with van der Waals surface area (Å²) in [5.41, 5.74) is 6.22. The Labute approximate surface area is 98.7 Å². The summed E-state index contributed by atoms with van der Waals surface area (Å²) in [6.45, 7) is 1.98. The predicted octanol–water partition coefficient (Wildman–Crippen LogP) is 3.50. The number of rotatable bonds is 3. The van der Waals surface area contributed by atoms with Crippen LogP contribution in [0, 0.1) is 5.82 Å². The molecule has 1 nitrogen and oxygen atoms in total. The van der Waals surface area contributed by atoms with Gasteiger partial charge in [-0.3, -0.25) is 0 Å². The molecule has 3 heteroatoms. The summed E-state index contributed by atoms with van der Waals surface area (Å²) >= 11 is 1.57. The van der Waals surface area contributed by atoms with E-state index in [4.69, 9.17) is 5.73 Å². The molecule has 0 bridgehead atoms. The fourth-order valence-electron chi connectivity index (χ4n) is 1.85. The first kappa shape index (κ1) is 11.3. The predicted molar refractivity (Wildman–Crippen MR) is 66.0 cm³/mol. The van der Waals surface area contributed by atoms with Gasteiger partial charge in [0.1, 0.15) is 5.82 Å². The van der Waals surface area contributed by atoms with Crippen LogP contribution in [0.2, 0.25) is 0 Å². The molecule has 0 aliphatic rings. The molecular weight excluding hydrogens is 221 g/mol. The van der Waals surface area contributed by atoms with Crippen LogP contribution in [0.5, 0.6) is 0 Å². The standard InChI is InChI=1S/C13H14FNS/c1-2-13(15,12-8-5-9-16-12)10-6-3-4-7-11(10)14/h3-9H,2,15H2,1H3. The first-order valence-corrected chi connectivity index (χ1v) is 6.14. The Hall–Kier alpha value is -1.19. The molecule has 0 saturated carbocycles. The minimum absolute atomic E-state index is 0.236. The summed E-state index contributed by atoms with van der Waals surface area (Å²) in [4.78, 5) is 1.00. The van der Waals surface area contributed by atoms with Crippen molar-refractivity contribution in [1.29, 1.82) is 0 Å². The third kappa shape index (κ3) is 1.77. The van der Waals surface area contributed by atoms with E-state index in [1.807, 2.05) is 30.5 Å². The molecule has 84 valence electrons. The lowest BCUT2D eigenvalue weighted by Gasteiger charge is -2.28. The first-order chi connectivity index (χ1) is 7.68. The Morgan fingerprint density at radius 1 is 1.25 bits per heavy atom. The van der Waals surface area contributed by atoms with Crippen LogP contribution in [-0.2, 0) is 5.54 Å². The number of hydrogen-bond donors (Lipinski definition) is 1. The number of halogens is 1. The molecule has 0 amide bonds. The van der Waals surface area contributed by atoms with Crippen LogP contribution < -0.4 is 5.73 Å². The van der Waals surface area contributed by atoms with Crippen LogP contribution in [0.15, 0.2) is 41.8 Å². The van der Waals surface area contributed by atoms with Crippen molar-refractivity contribution in [1.82, 2.24) is 0 Å². The largest absolute Gasteiger partial charge is 0.317 e. The van der Waals surface area contributed by atoms with E-state index in [0.717, 1.165) is 4.88 Å². The minimum Gasteiger partial charge on any atom is -0.317 e. The van der Waals surface area contributed by atoms with Gasteiger partial charge in [-0.25, -0.2) is 4.39 Å². The zero-order valence-corrected chi connectivity index (χ0v) is 9.93. The van der Waals surface area contributed by atoms with E-state index in [1.165, 1.54) is 6.07 Å². The van der Waals surface area contributed by atoms with Gasteiger partial charge in [0.15, 0.2) is 0 Å². The fourth-order valence-corrected chi connectivity index (χ4v) is 2.78. The highest BCUT2D eigenvalue weighted by molar-refractivity contribution is 7.10. The summed E-state index contributed by atoms with van der Waals surface area (Å²) in [6, 6.07) is 10.6. The van der Waals surface area contributed by atoms with Crippen LogP contribution in [0.1, 0.15) is 23.8 Å². The summed E-state index contributed by atoms with van der Waals surface area (Å²) in [5.74, 6) is -0.236. The topological polar surface area (TPSA) is 26.0 Å². The molecule has 1 atom stereocenters. The summed E-state index contributed by atoms with van der Waals surface area (Å²) in [5, 5.41) is 1.97. The zero-order valence-electron chi connectivity index (χ0n) is 9.11. The molecule has 0 aliphatic carbocycles. The SMILES string of the molecule is CCC(N)(c1cccs1)c1ccccc1F. The van der Waals surface area contributed by atoms with Gasteiger partial charge in [0.05, 0.1) is 5.54 Å². The van der Waals surface area contributed by atoms with Gasteiger partial charge in [-0.1, -0.05) is 31.2 Å². The van der Waals surface area contributed by atoms with Crippen LogP contribution >= 0.6 is 11.3 Å². The molecule has 0 aliphatic heterocycles. The average Bonchev–Trinajstić information content (AvgIpc) is 2.82. The van der Waals surface area contributed by atoms with Crippen LogP contribution in [0.25, 0.3) is 0 Å². The van der Waals surface area contributed by atoms with Crippen molar-refractivity contribution >= 4 is 11.3 Å². The highest BCUT2D eigenvalue weighted by atomic mass is 32.1. The van der Waals surface area contributed by atoms with Gasteiger partial charge in [-0.15, -0.1) is 11.3 Å². The van der Waals surface area contributed by atoms with E-state index < -0.39 is 5.54 Å². The van der Waals surface area contributed by atoms with Gasteiger partial charge in [0.25, 0.3) is 0 Å². The summed E-state index contributed by atoms with van der Waals surface area (Å²) in [6.07, 6.45) is 0.675. The molecule has 16 heavy (non-hydrogen) atoms. The van der Waals surface area contributed by atoms with E-state index in [9.17, 15) is 4.39 Å². The molecule has 1 heterocycles. The third-order valence-electron chi connectivity index (χ3n) is 2.87. The molecule has 1 aromatic heterocycles. The van der Waals surface area contributed by atoms with E-state index in [1.54, 1.807) is 23.5 Å². The van der Waals surface area contributed by atoms with Gasteiger partial charge in [0.2, 0.25) is 0 Å². The molecule has 1 unspecified atom stereocenters. The van der Waals surface area contributed by atoms with E-state index in [2.05, 4.69) is 0 Å². The quantitative estimate of drug-likeness (QED) is 0.865. The second-order valence-corrected chi connectivity index (χ2v) is 4.73. The van der Waals surface area contributed by atoms with Crippen molar-refractivity contribution in [2.24, 2.45) is 5.73 Å². The third-order valence-corrected chi connectivity index (χ3v) is 3.92. The lowest BCUT2D eigenvalue weighted by molar-refractivity contribution is 0.487. The summed E-state index contributed by atoms with van der Waals surface area (Å²) < 4.78 is 13.8. The average molecular weight is 235 g/mol. The van der Waals surface area contributed by atoms with Crippen molar-refractivity contribution in [3.63, 3.8) is 0 Å². The zero-order chi connectivity index (χ0) is 11.6. The molecule has 0 saturated heterocycles. The molecular formula is C13H14FNS. The van der Waals surface area contributed by atoms with Crippen LogP contribution in [0.3, 0.4) is 0 Å². The number of nitrogens with two attached hydrogens (primary N) is 1. The maximum Gasteiger partial charge on any atom is 0.128 e. The summed E-state index contributed by atoms with van der Waals surface area (Å²) in [7, 11) is 0. The van der Waals surface area contributed by atoms with Crippen molar-refractivity contribution < 1.29 is 4.39 Å². The lowest BCUT2D eigenvalue weighted by atomic mass is 9.86. The normalized spacial score (nSPS) is 14.7. The number of hydrogen-bond acceptors (Lipinski definition) is 2. The number of thiophene rings is 1. The Morgan fingerprint density at radius 2 is 2.00 bits per heavy atom. The molecule has 2 rings (SSSR count). The van der Waals surface area contributed by atoms with Gasteiger partial charge >= 0.3 is 0 Å². The Morgan fingerprint density at radius 3 is 2.56 bits per heavy atom. The van der Waals surface area contributed by atoms with Gasteiger partial charge < -0.3 is 5.73 Å². The monoisotopic (exact) mass is 235 g/mol. The molecule has 1 aromatic carbocycles. The van der Waals surface area contributed by atoms with Crippen molar-refractivity contribution in [3.05, 3.63) is 58.0 Å². The fraction of sp³-hybridized carbons (Fsp3) is 0.231. The molecule has 0 fully saturated rings. The minimum atomic E-state index is -0.709. The second kappa shape index (κ2) is 4.36. The highest BCUT2D eigenvalue weighted by Gasteiger charge is 2.30. The lowest BCUT2D eigenvalue weighted by Crippen LogP contribution is -2.37. The second-order valence-electron chi connectivity index (χ2n) is 3.78. The van der Waals surface area contributed by atoms with Crippen molar-refractivity contribution in [3.8, 4) is 0 Å². The Balaban J connectivity index is 2.55. The Kier molecular flexibility index (Phi) is 3.08. The molecule has 2 N–H and O–H groups in total. The van der Waals surface area contributed by atoms with Crippen molar-refractivity contribution in [2.75, 3.05) is 0 Å². The number of benzene rings is 1. The van der Waals surface area contributed by atoms with E-state index in [-0.39, 0.29) is 5.82 Å².